The number of amides is 1. The minimum Gasteiger partial charge on any atom is -0.356 e. The van der Waals surface area contributed by atoms with Crippen molar-refractivity contribution in [3.8, 4) is 0 Å². The smallest absolute Gasteiger partial charge is 0.253 e. The third-order valence-corrected chi connectivity index (χ3v) is 3.98. The summed E-state index contributed by atoms with van der Waals surface area (Å²) in [6.07, 6.45) is 2.52. The van der Waals surface area contributed by atoms with Crippen LogP contribution in [0.5, 0.6) is 0 Å². The fourth-order valence-electron chi connectivity index (χ4n) is 2.36. The van der Waals surface area contributed by atoms with Gasteiger partial charge in [0.25, 0.3) is 5.91 Å². The van der Waals surface area contributed by atoms with Gasteiger partial charge in [-0.05, 0) is 35.7 Å². The second-order valence-electron chi connectivity index (χ2n) is 5.99. The fourth-order valence-corrected chi connectivity index (χ4v) is 2.47. The first-order chi connectivity index (χ1) is 12.5. The highest BCUT2D eigenvalue weighted by molar-refractivity contribution is 14.0. The zero-order valence-corrected chi connectivity index (χ0v) is 18.8. The summed E-state index contributed by atoms with van der Waals surface area (Å²) >= 11 is 5.78. The Hall–Kier alpha value is -1.87. The Morgan fingerprint density at radius 3 is 2.59 bits per heavy atom. The van der Waals surface area contributed by atoms with E-state index in [1.165, 1.54) is 0 Å². The number of halogens is 2. The first-order valence-corrected chi connectivity index (χ1v) is 8.73. The molecule has 2 rings (SSSR count). The van der Waals surface area contributed by atoms with Crippen LogP contribution in [0.15, 0.2) is 47.6 Å². The topological polar surface area (TPSA) is 69.6 Å². The molecule has 1 heterocycles. The number of nitrogens with one attached hydrogen (secondary N) is 2. The minimum absolute atomic E-state index is 0. The largest absolute Gasteiger partial charge is 0.356 e. The summed E-state index contributed by atoms with van der Waals surface area (Å²) in [7, 11) is 5.23. The lowest BCUT2D eigenvalue weighted by molar-refractivity contribution is 0.0827. The molecule has 0 fully saturated rings. The minimum atomic E-state index is 0. The number of aromatic nitrogens is 1. The Bertz CT molecular complexity index is 765. The van der Waals surface area contributed by atoms with Crippen molar-refractivity contribution >= 4 is 47.4 Å². The summed E-state index contributed by atoms with van der Waals surface area (Å²) in [6, 6.07) is 11.4. The maximum absolute atomic E-state index is 12.0. The van der Waals surface area contributed by atoms with E-state index in [9.17, 15) is 4.79 Å². The molecule has 146 valence electrons. The Labute approximate surface area is 182 Å². The van der Waals surface area contributed by atoms with Crippen molar-refractivity contribution in [1.29, 1.82) is 0 Å². The molecular weight excluding hydrogens is 477 g/mol. The molecule has 0 aliphatic rings. The van der Waals surface area contributed by atoms with E-state index in [2.05, 4.69) is 20.6 Å². The lowest BCUT2D eigenvalue weighted by atomic mass is 10.1. The van der Waals surface area contributed by atoms with Crippen molar-refractivity contribution in [2.45, 2.75) is 13.0 Å². The Balaban J connectivity index is 0.00000364. The second-order valence-corrected chi connectivity index (χ2v) is 6.38. The molecule has 8 heteroatoms. The molecule has 0 aliphatic carbocycles. The van der Waals surface area contributed by atoms with E-state index in [1.54, 1.807) is 38.3 Å². The third-order valence-electron chi connectivity index (χ3n) is 3.76. The van der Waals surface area contributed by atoms with Crippen LogP contribution in [0.2, 0.25) is 5.15 Å². The molecule has 0 spiro atoms. The lowest BCUT2D eigenvalue weighted by Crippen LogP contribution is -2.37. The Kier molecular flexibility index (Phi) is 10.1. The fraction of sp³-hybridized carbons (Fsp3) is 0.316. The predicted molar refractivity (Wildman–Crippen MR) is 121 cm³/mol. The van der Waals surface area contributed by atoms with E-state index in [1.807, 2.05) is 30.3 Å². The summed E-state index contributed by atoms with van der Waals surface area (Å²) < 4.78 is 0. The van der Waals surface area contributed by atoms with E-state index in [-0.39, 0.29) is 29.9 Å². The molecule has 0 aliphatic heterocycles. The van der Waals surface area contributed by atoms with Crippen LogP contribution in [-0.2, 0) is 13.0 Å². The van der Waals surface area contributed by atoms with Gasteiger partial charge in [0.2, 0.25) is 0 Å². The van der Waals surface area contributed by atoms with Crippen molar-refractivity contribution in [3.63, 3.8) is 0 Å². The molecule has 1 aromatic heterocycles. The number of aliphatic imine (C=N–C) groups is 1. The number of rotatable bonds is 6. The summed E-state index contributed by atoms with van der Waals surface area (Å²) in [5.41, 5.74) is 2.82. The normalized spacial score (nSPS) is 10.7. The first kappa shape index (κ1) is 23.2. The van der Waals surface area contributed by atoms with Crippen LogP contribution in [0.4, 0.5) is 0 Å². The van der Waals surface area contributed by atoms with Gasteiger partial charge in [0.1, 0.15) is 5.15 Å². The molecule has 0 unspecified atom stereocenters. The van der Waals surface area contributed by atoms with E-state index in [0.29, 0.717) is 29.8 Å². The highest BCUT2D eigenvalue weighted by Crippen LogP contribution is 2.08. The number of hydrogen-bond acceptors (Lipinski definition) is 3. The van der Waals surface area contributed by atoms with Gasteiger partial charge in [0.05, 0.1) is 0 Å². The van der Waals surface area contributed by atoms with E-state index in [0.717, 1.165) is 17.5 Å². The molecular formula is C19H25ClIN5O. The average Bonchev–Trinajstić information content (AvgIpc) is 2.65. The third kappa shape index (κ3) is 7.72. The summed E-state index contributed by atoms with van der Waals surface area (Å²) in [5.74, 6) is 0.717. The quantitative estimate of drug-likeness (QED) is 0.276. The van der Waals surface area contributed by atoms with Gasteiger partial charge >= 0.3 is 0 Å². The van der Waals surface area contributed by atoms with Crippen LogP contribution >= 0.6 is 35.6 Å². The van der Waals surface area contributed by atoms with Crippen molar-refractivity contribution in [1.82, 2.24) is 20.5 Å². The highest BCUT2D eigenvalue weighted by Gasteiger charge is 2.08. The molecule has 1 amide bonds. The molecule has 0 atom stereocenters. The van der Waals surface area contributed by atoms with Gasteiger partial charge in [0, 0.05) is 46.0 Å². The maximum Gasteiger partial charge on any atom is 0.253 e. The van der Waals surface area contributed by atoms with Crippen molar-refractivity contribution in [2.75, 3.05) is 27.7 Å². The van der Waals surface area contributed by atoms with E-state index < -0.39 is 0 Å². The van der Waals surface area contributed by atoms with Gasteiger partial charge in [-0.15, -0.1) is 24.0 Å². The highest BCUT2D eigenvalue weighted by atomic mass is 127. The standard InChI is InChI=1S/C19H24ClN5O.HI/c1-21-19(24-13-15-7-8-17(20)23-12-15)22-10-9-14-5-4-6-16(11-14)18(26)25(2)3;/h4-8,11-12H,9-10,13H2,1-3H3,(H2,21,22,24);1H. The molecule has 6 nitrogen and oxygen atoms in total. The van der Waals surface area contributed by atoms with Crippen molar-refractivity contribution < 1.29 is 4.79 Å². The van der Waals surface area contributed by atoms with Crippen molar-refractivity contribution in [2.24, 2.45) is 4.99 Å². The molecule has 0 saturated heterocycles. The number of carbonyl (C=O) groups is 1. The zero-order valence-electron chi connectivity index (χ0n) is 15.7. The number of hydrogen-bond donors (Lipinski definition) is 2. The lowest BCUT2D eigenvalue weighted by Gasteiger charge is -2.13. The molecule has 0 bridgehead atoms. The van der Waals surface area contributed by atoms with Gasteiger partial charge < -0.3 is 15.5 Å². The maximum atomic E-state index is 12.0. The Morgan fingerprint density at radius 1 is 1.19 bits per heavy atom. The Morgan fingerprint density at radius 2 is 1.96 bits per heavy atom. The molecule has 0 radical (unpaired) electrons. The molecule has 2 N–H and O–H groups in total. The first-order valence-electron chi connectivity index (χ1n) is 8.35. The van der Waals surface area contributed by atoms with Crippen LogP contribution in [0.3, 0.4) is 0 Å². The van der Waals surface area contributed by atoms with Gasteiger partial charge in [-0.25, -0.2) is 4.98 Å². The number of guanidine groups is 1. The zero-order chi connectivity index (χ0) is 18.9. The van der Waals surface area contributed by atoms with Gasteiger partial charge in [-0.1, -0.05) is 29.8 Å². The van der Waals surface area contributed by atoms with Crippen LogP contribution in [0.1, 0.15) is 21.5 Å². The van der Waals surface area contributed by atoms with Gasteiger partial charge in [-0.3, -0.25) is 9.79 Å². The summed E-state index contributed by atoms with van der Waals surface area (Å²) in [4.78, 5) is 21.9. The van der Waals surface area contributed by atoms with E-state index >= 15 is 0 Å². The van der Waals surface area contributed by atoms with Crippen molar-refractivity contribution in [3.05, 3.63) is 64.4 Å². The molecule has 2 aromatic rings. The molecule has 0 saturated carbocycles. The average molecular weight is 502 g/mol. The summed E-state index contributed by atoms with van der Waals surface area (Å²) in [6.45, 7) is 1.31. The van der Waals surface area contributed by atoms with Crippen LogP contribution in [0, 0.1) is 0 Å². The van der Waals surface area contributed by atoms with Gasteiger partial charge in [-0.2, -0.15) is 0 Å². The number of nitrogens with zero attached hydrogens (tertiary/aromatic N) is 3. The van der Waals surface area contributed by atoms with Crippen LogP contribution in [0.25, 0.3) is 0 Å². The van der Waals surface area contributed by atoms with Crippen LogP contribution < -0.4 is 10.6 Å². The molecule has 27 heavy (non-hydrogen) atoms. The van der Waals surface area contributed by atoms with E-state index in [4.69, 9.17) is 11.6 Å². The van der Waals surface area contributed by atoms with Gasteiger partial charge in [0.15, 0.2) is 5.96 Å². The SMILES string of the molecule is CN=C(NCCc1cccc(C(=O)N(C)C)c1)NCc1ccc(Cl)nc1.I. The summed E-state index contributed by atoms with van der Waals surface area (Å²) in [5, 5.41) is 6.98. The number of benzene rings is 1. The predicted octanol–water partition coefficient (Wildman–Crippen LogP) is 2.96. The number of carbonyl (C=O) groups excluding carboxylic acids is 1. The second kappa shape index (κ2) is 11.8. The molecule has 1 aromatic carbocycles. The monoisotopic (exact) mass is 501 g/mol. The number of pyridine rings is 1. The van der Waals surface area contributed by atoms with Crippen LogP contribution in [-0.4, -0.2) is 49.4 Å².